The van der Waals surface area contributed by atoms with E-state index in [4.69, 9.17) is 23.7 Å². The molecule has 11 atom stereocenters. The van der Waals surface area contributed by atoms with Crippen LogP contribution in [-0.2, 0) is 47.7 Å². The van der Waals surface area contributed by atoms with E-state index in [0.717, 1.165) is 0 Å². The van der Waals surface area contributed by atoms with E-state index in [-0.39, 0.29) is 24.8 Å². The average Bonchev–Trinajstić information content (AvgIpc) is 2.95. The highest BCUT2D eigenvalue weighted by atomic mass is 16.6. The minimum absolute atomic E-state index is 0.0466. The van der Waals surface area contributed by atoms with Crippen LogP contribution in [0.25, 0.3) is 0 Å². The van der Waals surface area contributed by atoms with Gasteiger partial charge in [-0.25, -0.2) is 0 Å². The smallest absolute Gasteiger partial charge is 0.303 e. The summed E-state index contributed by atoms with van der Waals surface area (Å²) in [5, 5.41) is 23.7. The molecule has 0 saturated heterocycles. The fourth-order valence-electron chi connectivity index (χ4n) is 9.54. The first-order valence-electron chi connectivity index (χ1n) is 14.2. The van der Waals surface area contributed by atoms with Crippen LogP contribution >= 0.6 is 0 Å². The van der Waals surface area contributed by atoms with E-state index in [9.17, 15) is 34.2 Å². The summed E-state index contributed by atoms with van der Waals surface area (Å²) in [6, 6.07) is 0. The van der Waals surface area contributed by atoms with Gasteiger partial charge in [-0.1, -0.05) is 27.4 Å². The molecule has 4 fully saturated rings. The van der Waals surface area contributed by atoms with Gasteiger partial charge in [0.25, 0.3) is 0 Å². The topological polar surface area (TPSA) is 172 Å². The minimum atomic E-state index is -1.68. The number of fused-ring (bicyclic) bond motifs is 3. The first-order valence-corrected chi connectivity index (χ1v) is 14.2. The number of carbonyl (C=O) groups excluding carboxylic acids is 5. The van der Waals surface area contributed by atoms with Crippen molar-refractivity contribution >= 4 is 29.8 Å². The van der Waals surface area contributed by atoms with Gasteiger partial charge in [0, 0.05) is 58.3 Å². The molecule has 4 rings (SSSR count). The molecule has 1 spiro atoms. The quantitative estimate of drug-likeness (QED) is 0.269. The van der Waals surface area contributed by atoms with Crippen LogP contribution in [0.15, 0.2) is 12.2 Å². The summed E-state index contributed by atoms with van der Waals surface area (Å²) in [7, 11) is 0. The molecule has 4 saturated carbocycles. The SMILES string of the molecule is C=C1[C@@H](O)[C@]23C[C@@]1(O)C[C@H](OC(C)=O)[C@H]2[C@]1(C)C[C@H](OC(C)=O)[C@H](OC(C)=O)C(C)(C)[C@H]1[C@@H](OC(C)=O)[C@@H]3OC(C)=O. The van der Waals surface area contributed by atoms with Gasteiger partial charge in [0.1, 0.15) is 30.5 Å². The second-order valence-corrected chi connectivity index (χ2v) is 13.4. The number of hydrogen-bond acceptors (Lipinski definition) is 12. The van der Waals surface area contributed by atoms with E-state index in [0.29, 0.717) is 0 Å². The van der Waals surface area contributed by atoms with Gasteiger partial charge in [-0.15, -0.1) is 0 Å². The van der Waals surface area contributed by atoms with E-state index < -0.39 is 100 Å². The van der Waals surface area contributed by atoms with E-state index in [1.54, 1.807) is 13.8 Å². The zero-order chi connectivity index (χ0) is 31.7. The van der Waals surface area contributed by atoms with Crippen molar-refractivity contribution in [3.8, 4) is 0 Å². The van der Waals surface area contributed by atoms with Gasteiger partial charge in [0.2, 0.25) is 0 Å². The fraction of sp³-hybridized carbons (Fsp3) is 0.767. The maximum atomic E-state index is 12.7. The summed E-state index contributed by atoms with van der Waals surface area (Å²) in [4.78, 5) is 62.4. The number of aliphatic hydroxyl groups is 2. The lowest BCUT2D eigenvalue weighted by Crippen LogP contribution is -2.77. The highest BCUT2D eigenvalue weighted by Gasteiger charge is 2.81. The second-order valence-electron chi connectivity index (χ2n) is 13.4. The van der Waals surface area contributed by atoms with Crippen LogP contribution in [0.4, 0.5) is 0 Å². The third-order valence-corrected chi connectivity index (χ3v) is 10.1. The van der Waals surface area contributed by atoms with Crippen molar-refractivity contribution in [2.24, 2.45) is 28.1 Å². The minimum Gasteiger partial charge on any atom is -0.462 e. The van der Waals surface area contributed by atoms with Gasteiger partial charge in [-0.3, -0.25) is 24.0 Å². The number of aliphatic hydroxyl groups excluding tert-OH is 1. The monoisotopic (exact) mass is 594 g/mol. The molecular weight excluding hydrogens is 552 g/mol. The number of esters is 5. The summed E-state index contributed by atoms with van der Waals surface area (Å²) in [6.07, 6.45) is -7.11. The van der Waals surface area contributed by atoms with Crippen molar-refractivity contribution in [1.82, 2.24) is 0 Å². The highest BCUT2D eigenvalue weighted by molar-refractivity contribution is 5.69. The van der Waals surface area contributed by atoms with Crippen LogP contribution in [0.1, 0.15) is 74.7 Å². The van der Waals surface area contributed by atoms with E-state index in [2.05, 4.69) is 6.58 Å². The van der Waals surface area contributed by atoms with Crippen LogP contribution < -0.4 is 0 Å². The Labute approximate surface area is 245 Å². The maximum absolute atomic E-state index is 12.7. The van der Waals surface area contributed by atoms with Crippen molar-refractivity contribution in [3.63, 3.8) is 0 Å². The Morgan fingerprint density at radius 1 is 0.714 bits per heavy atom. The molecule has 42 heavy (non-hydrogen) atoms. The Morgan fingerprint density at radius 2 is 1.19 bits per heavy atom. The molecule has 0 unspecified atom stereocenters. The first-order chi connectivity index (χ1) is 19.2. The summed E-state index contributed by atoms with van der Waals surface area (Å²) in [6.45, 7) is 15.5. The van der Waals surface area contributed by atoms with Crippen molar-refractivity contribution in [3.05, 3.63) is 12.2 Å². The molecule has 0 aliphatic heterocycles. The lowest BCUT2D eigenvalue weighted by atomic mass is 9.37. The Bertz CT molecular complexity index is 1210. The molecule has 234 valence electrons. The Hall–Kier alpha value is -2.99. The van der Waals surface area contributed by atoms with Crippen LogP contribution in [0.3, 0.4) is 0 Å². The molecule has 0 heterocycles. The molecule has 0 aromatic carbocycles. The van der Waals surface area contributed by atoms with Crippen LogP contribution in [-0.4, -0.2) is 82.3 Å². The Morgan fingerprint density at radius 3 is 1.69 bits per heavy atom. The largest absolute Gasteiger partial charge is 0.462 e. The van der Waals surface area contributed by atoms with Crippen LogP contribution in [0.2, 0.25) is 0 Å². The Kier molecular flexibility index (Phi) is 7.85. The van der Waals surface area contributed by atoms with Crippen molar-refractivity contribution < 1.29 is 57.9 Å². The van der Waals surface area contributed by atoms with Crippen LogP contribution in [0.5, 0.6) is 0 Å². The summed E-state index contributed by atoms with van der Waals surface area (Å²) in [5.74, 6) is -4.85. The molecule has 2 bridgehead atoms. The van der Waals surface area contributed by atoms with Gasteiger partial charge in [0.05, 0.1) is 17.1 Å². The molecule has 0 amide bonds. The third-order valence-electron chi connectivity index (χ3n) is 10.1. The molecule has 2 N–H and O–H groups in total. The molecule has 0 aromatic heterocycles. The van der Waals surface area contributed by atoms with Gasteiger partial charge < -0.3 is 33.9 Å². The summed E-state index contributed by atoms with van der Waals surface area (Å²) in [5.41, 5.74) is -5.31. The maximum Gasteiger partial charge on any atom is 0.303 e. The molecule has 0 aromatic rings. The fourth-order valence-corrected chi connectivity index (χ4v) is 9.54. The number of ether oxygens (including phenoxy) is 5. The van der Waals surface area contributed by atoms with Crippen molar-refractivity contribution in [2.45, 2.75) is 117 Å². The first kappa shape index (κ1) is 31.9. The predicted molar refractivity (Wildman–Crippen MR) is 143 cm³/mol. The van der Waals surface area contributed by atoms with E-state index in [1.807, 2.05) is 6.92 Å². The van der Waals surface area contributed by atoms with E-state index in [1.165, 1.54) is 34.6 Å². The summed E-state index contributed by atoms with van der Waals surface area (Å²) < 4.78 is 29.3. The molecule has 12 nitrogen and oxygen atoms in total. The highest BCUT2D eigenvalue weighted by Crippen LogP contribution is 2.74. The zero-order valence-corrected chi connectivity index (χ0v) is 25.4. The molecule has 0 radical (unpaired) electrons. The van der Waals surface area contributed by atoms with Gasteiger partial charge in [-0.2, -0.15) is 0 Å². The lowest BCUT2D eigenvalue weighted by molar-refractivity contribution is -0.320. The summed E-state index contributed by atoms with van der Waals surface area (Å²) >= 11 is 0. The van der Waals surface area contributed by atoms with Gasteiger partial charge in [-0.05, 0) is 23.8 Å². The molecule has 12 heteroatoms. The molecule has 4 aliphatic carbocycles. The standard InChI is InChI=1S/C30H42O12/c1-13-24(36)30-12-29(13,37)11-19(38-14(2)31)22(30)28(9)10-20(39-15(3)32)25(41-17(5)34)27(7,8)23(28)21(40-16(4)33)26(30)42-18(6)35/h19-26,36-37H,1,10-12H2,2-9H3/t19-,20-,21+,22-,23+,24+,25-,26-,28-,29-,30-/m0/s1. The number of rotatable bonds is 5. The number of carbonyl (C=O) groups is 5. The third kappa shape index (κ3) is 4.70. The molecule has 4 aliphatic rings. The normalized spacial score (nSPS) is 43.2. The second kappa shape index (κ2) is 10.3. The van der Waals surface area contributed by atoms with Crippen LogP contribution in [0, 0.1) is 28.1 Å². The predicted octanol–water partition coefficient (Wildman–Crippen LogP) is 1.77. The molecular formula is C30H42O12. The van der Waals surface area contributed by atoms with Gasteiger partial charge >= 0.3 is 29.8 Å². The van der Waals surface area contributed by atoms with Crippen molar-refractivity contribution in [1.29, 1.82) is 0 Å². The van der Waals surface area contributed by atoms with E-state index >= 15 is 0 Å². The number of hydrogen-bond donors (Lipinski definition) is 2. The Balaban J connectivity index is 2.08. The lowest BCUT2D eigenvalue weighted by Gasteiger charge is -2.69. The average molecular weight is 595 g/mol. The van der Waals surface area contributed by atoms with Gasteiger partial charge in [0.15, 0.2) is 0 Å². The zero-order valence-electron chi connectivity index (χ0n) is 25.4. The van der Waals surface area contributed by atoms with Crippen molar-refractivity contribution in [2.75, 3.05) is 0 Å².